The smallest absolute Gasteiger partial charge is 0.303 e. The quantitative estimate of drug-likeness (QED) is 0.348. The molecule has 3 saturated carbocycles. The maximum Gasteiger partial charge on any atom is 0.303 e. The first-order chi connectivity index (χ1) is 17.9. The zero-order chi connectivity index (χ0) is 28.9. The van der Waals surface area contributed by atoms with E-state index >= 15 is 0 Å². The maximum absolute atomic E-state index is 14.6. The van der Waals surface area contributed by atoms with Crippen molar-refractivity contribution in [3.8, 4) is 0 Å². The summed E-state index contributed by atoms with van der Waals surface area (Å²) in [6.07, 6.45) is 6.78. The van der Waals surface area contributed by atoms with E-state index in [2.05, 4.69) is 55.4 Å². The summed E-state index contributed by atoms with van der Waals surface area (Å²) < 4.78 is 12.1. The summed E-state index contributed by atoms with van der Waals surface area (Å²) in [6, 6.07) is 0. The van der Waals surface area contributed by atoms with Crippen molar-refractivity contribution in [1.29, 1.82) is 0 Å². The molecule has 5 rings (SSSR count). The number of carbonyl (C=O) groups excluding carboxylic acids is 3. The van der Waals surface area contributed by atoms with E-state index in [4.69, 9.17) is 9.47 Å². The number of esters is 2. The van der Waals surface area contributed by atoms with E-state index < -0.39 is 6.10 Å². The van der Waals surface area contributed by atoms with Gasteiger partial charge in [0.1, 0.15) is 12.2 Å². The van der Waals surface area contributed by atoms with Gasteiger partial charge in [-0.2, -0.15) is 0 Å². The number of carbonyl (C=O) groups is 3. The molecule has 218 valence electrons. The molecular weight excluding hydrogens is 488 g/mol. The topological polar surface area (TPSA) is 69.7 Å². The maximum atomic E-state index is 14.6. The first-order valence-corrected chi connectivity index (χ1v) is 15.6. The van der Waals surface area contributed by atoms with Gasteiger partial charge in [-0.05, 0) is 95.9 Å². The largest absolute Gasteiger partial charge is 0.462 e. The minimum absolute atomic E-state index is 0.0637. The van der Waals surface area contributed by atoms with Crippen LogP contribution in [-0.2, 0) is 23.9 Å². The fourth-order valence-corrected chi connectivity index (χ4v) is 11.6. The van der Waals surface area contributed by atoms with E-state index in [1.165, 1.54) is 26.7 Å². The van der Waals surface area contributed by atoms with Gasteiger partial charge in [-0.25, -0.2) is 0 Å². The third-order valence-electron chi connectivity index (χ3n) is 13.5. The molecule has 0 amide bonds. The Morgan fingerprint density at radius 1 is 0.846 bits per heavy atom. The normalized spacial score (nSPS) is 46.6. The molecule has 5 heteroatoms. The summed E-state index contributed by atoms with van der Waals surface area (Å²) in [5.74, 6) is 1.59. The van der Waals surface area contributed by atoms with Crippen LogP contribution in [0.15, 0.2) is 11.1 Å². The van der Waals surface area contributed by atoms with Crippen molar-refractivity contribution in [2.75, 3.05) is 0 Å². The Hall–Kier alpha value is -1.65. The van der Waals surface area contributed by atoms with Gasteiger partial charge < -0.3 is 9.47 Å². The molecule has 0 bridgehead atoms. The van der Waals surface area contributed by atoms with Gasteiger partial charge >= 0.3 is 11.9 Å². The van der Waals surface area contributed by atoms with Crippen LogP contribution in [0.3, 0.4) is 0 Å². The van der Waals surface area contributed by atoms with Gasteiger partial charge in [0.15, 0.2) is 5.78 Å². The second-order valence-corrected chi connectivity index (χ2v) is 15.9. The molecule has 0 heterocycles. The fraction of sp³-hybridized carbons (Fsp3) is 0.853. The van der Waals surface area contributed by atoms with Crippen molar-refractivity contribution in [3.05, 3.63) is 11.1 Å². The minimum atomic E-state index is -0.411. The Balaban J connectivity index is 1.67. The summed E-state index contributed by atoms with van der Waals surface area (Å²) in [7, 11) is 0. The van der Waals surface area contributed by atoms with Gasteiger partial charge in [0.25, 0.3) is 0 Å². The lowest BCUT2D eigenvalue weighted by Crippen LogP contribution is -2.64. The highest BCUT2D eigenvalue weighted by atomic mass is 16.5. The van der Waals surface area contributed by atoms with Crippen molar-refractivity contribution in [3.63, 3.8) is 0 Å². The van der Waals surface area contributed by atoms with Gasteiger partial charge in [0.05, 0.1) is 0 Å². The third-order valence-corrected chi connectivity index (χ3v) is 13.5. The zero-order valence-electron chi connectivity index (χ0n) is 26.2. The Kier molecular flexibility index (Phi) is 6.60. The molecule has 0 radical (unpaired) electrons. The van der Waals surface area contributed by atoms with Gasteiger partial charge in [-0.3, -0.25) is 14.4 Å². The van der Waals surface area contributed by atoms with E-state index in [1.807, 2.05) is 0 Å². The van der Waals surface area contributed by atoms with Gasteiger partial charge in [0, 0.05) is 31.3 Å². The third kappa shape index (κ3) is 3.79. The monoisotopic (exact) mass is 540 g/mol. The Morgan fingerprint density at radius 3 is 2.08 bits per heavy atom. The molecule has 0 saturated heterocycles. The highest BCUT2D eigenvalue weighted by molar-refractivity contribution is 6.00. The van der Waals surface area contributed by atoms with Gasteiger partial charge in [0.2, 0.25) is 0 Å². The van der Waals surface area contributed by atoms with E-state index in [0.29, 0.717) is 30.6 Å². The fourth-order valence-electron chi connectivity index (χ4n) is 11.6. The molecular formula is C34H52O5. The predicted octanol–water partition coefficient (Wildman–Crippen LogP) is 7.46. The van der Waals surface area contributed by atoms with Crippen molar-refractivity contribution in [2.24, 2.45) is 50.7 Å². The summed E-state index contributed by atoms with van der Waals surface area (Å²) >= 11 is 0. The SMILES string of the molecule is CC(=O)O[C@H]1CC[C@]2(C)C3=C([C@H](OC(C)=O)C[C@H]2C1(C)C)[C@@]1(C)CC[C@]2(C)[C@@H](C(C)C)CC[C@H]2[C@]1(C)CC3=O. The van der Waals surface area contributed by atoms with Crippen LogP contribution in [-0.4, -0.2) is 29.9 Å². The summed E-state index contributed by atoms with van der Waals surface area (Å²) in [6.45, 7) is 21.7. The van der Waals surface area contributed by atoms with Crippen LogP contribution in [0.25, 0.3) is 0 Å². The highest BCUT2D eigenvalue weighted by Gasteiger charge is 2.70. The van der Waals surface area contributed by atoms with Crippen LogP contribution in [0.4, 0.5) is 0 Å². The van der Waals surface area contributed by atoms with Crippen LogP contribution >= 0.6 is 0 Å². The molecule has 5 aliphatic carbocycles. The molecule has 39 heavy (non-hydrogen) atoms. The molecule has 0 aromatic rings. The van der Waals surface area contributed by atoms with E-state index in [-0.39, 0.29) is 56.8 Å². The van der Waals surface area contributed by atoms with Gasteiger partial charge in [-0.1, -0.05) is 55.4 Å². The average molecular weight is 541 g/mol. The molecule has 0 N–H and O–H groups in total. The predicted molar refractivity (Wildman–Crippen MR) is 152 cm³/mol. The Morgan fingerprint density at radius 2 is 1.49 bits per heavy atom. The van der Waals surface area contributed by atoms with E-state index in [0.717, 1.165) is 36.8 Å². The van der Waals surface area contributed by atoms with Crippen molar-refractivity contribution in [2.45, 2.75) is 133 Å². The Labute approximate surface area is 236 Å². The van der Waals surface area contributed by atoms with Crippen LogP contribution in [0, 0.1) is 50.7 Å². The van der Waals surface area contributed by atoms with Crippen LogP contribution < -0.4 is 0 Å². The molecule has 0 aromatic heterocycles. The molecule has 0 spiro atoms. The highest BCUT2D eigenvalue weighted by Crippen LogP contribution is 2.75. The molecule has 3 fully saturated rings. The number of allylic oxidation sites excluding steroid dienone is 1. The van der Waals surface area contributed by atoms with Crippen molar-refractivity contribution < 1.29 is 23.9 Å². The van der Waals surface area contributed by atoms with Crippen LogP contribution in [0.2, 0.25) is 0 Å². The molecule has 5 aliphatic rings. The van der Waals surface area contributed by atoms with Crippen LogP contribution in [0.1, 0.15) is 121 Å². The molecule has 0 unspecified atom stereocenters. The van der Waals surface area contributed by atoms with Crippen molar-refractivity contribution in [1.82, 2.24) is 0 Å². The summed E-state index contributed by atoms with van der Waals surface area (Å²) in [4.78, 5) is 39.2. The first kappa shape index (κ1) is 28.9. The molecule has 9 atom stereocenters. The lowest BCUT2D eigenvalue weighted by molar-refractivity contribution is -0.178. The van der Waals surface area contributed by atoms with Gasteiger partial charge in [-0.15, -0.1) is 0 Å². The summed E-state index contributed by atoms with van der Waals surface area (Å²) in [5, 5.41) is 0. The second kappa shape index (κ2) is 8.92. The molecule has 5 nitrogen and oxygen atoms in total. The van der Waals surface area contributed by atoms with E-state index in [9.17, 15) is 14.4 Å². The van der Waals surface area contributed by atoms with Crippen LogP contribution in [0.5, 0.6) is 0 Å². The van der Waals surface area contributed by atoms with Crippen molar-refractivity contribution >= 4 is 17.7 Å². The second-order valence-electron chi connectivity index (χ2n) is 15.9. The number of hydrogen-bond acceptors (Lipinski definition) is 5. The lowest BCUT2D eigenvalue weighted by atomic mass is 9.37. The standard InChI is InChI=1S/C34H52O5/c1-19(2)22-11-12-25-31(22,7)15-16-33(9)29-24(38-20(3)35)17-26-30(5,6)27(39-21(4)36)13-14-32(26,8)28(29)23(37)18-34(25,33)10/h19,22,24-27H,11-18H2,1-10H3/t22-,24-,25-,26+,27+,31-,32+,33-,34+/m1/s1. The molecule has 0 aromatic carbocycles. The number of fused-ring (bicyclic) bond motifs is 6. The number of rotatable bonds is 3. The number of hydrogen-bond donors (Lipinski definition) is 0. The first-order valence-electron chi connectivity index (χ1n) is 15.6. The van der Waals surface area contributed by atoms with E-state index in [1.54, 1.807) is 0 Å². The Bertz CT molecular complexity index is 1120. The number of Topliss-reactive ketones (excluding diaryl/α,β-unsaturated/α-hetero) is 1. The minimum Gasteiger partial charge on any atom is -0.462 e. The zero-order valence-corrected chi connectivity index (χ0v) is 26.2. The molecule has 0 aliphatic heterocycles. The average Bonchev–Trinajstić information content (AvgIpc) is 3.17. The lowest BCUT2D eigenvalue weighted by Gasteiger charge is -2.67. The number of ether oxygens (including phenoxy) is 2. The summed E-state index contributed by atoms with van der Waals surface area (Å²) in [5.41, 5.74) is 1.31. The number of ketones is 1.